The highest BCUT2D eigenvalue weighted by atomic mass is 32.1. The molecule has 6 nitrogen and oxygen atoms in total. The molecule has 2 aromatic carbocycles. The molecule has 30 heavy (non-hydrogen) atoms. The van der Waals surface area contributed by atoms with Gasteiger partial charge in [0.25, 0.3) is 0 Å². The summed E-state index contributed by atoms with van der Waals surface area (Å²) in [6, 6.07) is 13.7. The van der Waals surface area contributed by atoms with E-state index in [1.54, 1.807) is 35.2 Å². The predicted molar refractivity (Wildman–Crippen MR) is 123 cm³/mol. The molecule has 0 saturated carbocycles. The molecule has 0 aliphatic rings. The molecule has 0 unspecified atom stereocenters. The predicted octanol–water partition coefficient (Wildman–Crippen LogP) is 4.00. The van der Waals surface area contributed by atoms with Gasteiger partial charge in [0.1, 0.15) is 5.01 Å². The largest absolute Gasteiger partial charge is 0.335 e. The van der Waals surface area contributed by atoms with Crippen LogP contribution >= 0.6 is 11.3 Å². The SMILES string of the molecule is Cc1cccc(NC(=O)CN(C)CC(=O)N(C)[C@@H](C)c2nc3ccccc3s2)c1C. The van der Waals surface area contributed by atoms with Crippen LogP contribution in [0.15, 0.2) is 42.5 Å². The number of amides is 2. The lowest BCUT2D eigenvalue weighted by Gasteiger charge is -2.26. The van der Waals surface area contributed by atoms with Gasteiger partial charge in [0.2, 0.25) is 11.8 Å². The summed E-state index contributed by atoms with van der Waals surface area (Å²) in [5.74, 6) is -0.190. The van der Waals surface area contributed by atoms with E-state index in [1.807, 2.05) is 63.2 Å². The molecule has 1 heterocycles. The molecular weight excluding hydrogens is 396 g/mol. The molecule has 0 fully saturated rings. The van der Waals surface area contributed by atoms with E-state index in [0.29, 0.717) is 0 Å². The third-order valence-electron chi connectivity index (χ3n) is 5.34. The maximum absolute atomic E-state index is 12.8. The molecule has 7 heteroatoms. The molecule has 1 atom stereocenters. The second-order valence-corrected chi connectivity index (χ2v) is 8.73. The van der Waals surface area contributed by atoms with Crippen molar-refractivity contribution in [2.24, 2.45) is 0 Å². The molecule has 158 valence electrons. The summed E-state index contributed by atoms with van der Waals surface area (Å²) in [5.41, 5.74) is 3.93. The maximum atomic E-state index is 12.8. The van der Waals surface area contributed by atoms with Crippen LogP contribution in [0.4, 0.5) is 5.69 Å². The minimum absolute atomic E-state index is 0.0520. The lowest BCUT2D eigenvalue weighted by molar-refractivity contribution is -0.133. The zero-order valence-corrected chi connectivity index (χ0v) is 18.9. The molecule has 3 aromatic rings. The number of para-hydroxylation sites is 1. The highest BCUT2D eigenvalue weighted by Gasteiger charge is 2.22. The van der Waals surface area contributed by atoms with Crippen LogP contribution < -0.4 is 5.32 Å². The summed E-state index contributed by atoms with van der Waals surface area (Å²) >= 11 is 1.60. The number of hydrogen-bond donors (Lipinski definition) is 1. The first kappa shape index (κ1) is 21.9. The van der Waals surface area contributed by atoms with Crippen LogP contribution in [0.5, 0.6) is 0 Å². The van der Waals surface area contributed by atoms with Crippen LogP contribution in [-0.4, -0.2) is 53.8 Å². The number of aryl methyl sites for hydroxylation is 1. The fraction of sp³-hybridized carbons (Fsp3) is 0.348. The van der Waals surface area contributed by atoms with E-state index in [1.165, 1.54) is 0 Å². The second-order valence-electron chi connectivity index (χ2n) is 7.67. The monoisotopic (exact) mass is 424 g/mol. The number of fused-ring (bicyclic) bond motifs is 1. The van der Waals surface area contributed by atoms with Crippen molar-refractivity contribution in [1.29, 1.82) is 0 Å². The normalized spacial score (nSPS) is 12.2. The van der Waals surface area contributed by atoms with Crippen LogP contribution in [-0.2, 0) is 9.59 Å². The van der Waals surface area contributed by atoms with Gasteiger partial charge >= 0.3 is 0 Å². The first-order chi connectivity index (χ1) is 14.3. The Morgan fingerprint density at radius 1 is 1.07 bits per heavy atom. The Bertz CT molecular complexity index is 1030. The van der Waals surface area contributed by atoms with Gasteiger partial charge in [-0.3, -0.25) is 14.5 Å². The Balaban J connectivity index is 1.56. The number of carbonyl (C=O) groups is 2. The number of rotatable bonds is 7. The average molecular weight is 425 g/mol. The summed E-state index contributed by atoms with van der Waals surface area (Å²) in [4.78, 5) is 33.2. The van der Waals surface area contributed by atoms with Crippen LogP contribution in [0.1, 0.15) is 29.1 Å². The maximum Gasteiger partial charge on any atom is 0.238 e. The van der Waals surface area contributed by atoms with Gasteiger partial charge in [0.05, 0.1) is 29.3 Å². The third-order valence-corrected chi connectivity index (χ3v) is 6.55. The molecular formula is C23H28N4O2S. The summed E-state index contributed by atoms with van der Waals surface area (Å²) in [5, 5.41) is 3.84. The summed E-state index contributed by atoms with van der Waals surface area (Å²) in [6.07, 6.45) is 0. The zero-order valence-electron chi connectivity index (χ0n) is 18.1. The Morgan fingerprint density at radius 3 is 2.53 bits per heavy atom. The lowest BCUT2D eigenvalue weighted by Crippen LogP contribution is -2.40. The minimum Gasteiger partial charge on any atom is -0.335 e. The molecule has 2 amide bonds. The number of benzene rings is 2. The van der Waals surface area contributed by atoms with Crippen molar-refractivity contribution in [2.45, 2.75) is 26.8 Å². The van der Waals surface area contributed by atoms with Crippen LogP contribution in [0, 0.1) is 13.8 Å². The lowest BCUT2D eigenvalue weighted by atomic mass is 10.1. The van der Waals surface area contributed by atoms with E-state index < -0.39 is 0 Å². The second kappa shape index (κ2) is 9.36. The van der Waals surface area contributed by atoms with Gasteiger partial charge < -0.3 is 10.2 Å². The molecule has 0 spiro atoms. The quantitative estimate of drug-likeness (QED) is 0.623. The van der Waals surface area contributed by atoms with Crippen LogP contribution in [0.25, 0.3) is 10.2 Å². The van der Waals surface area contributed by atoms with E-state index in [9.17, 15) is 9.59 Å². The fourth-order valence-corrected chi connectivity index (χ4v) is 4.23. The fourth-order valence-electron chi connectivity index (χ4n) is 3.17. The van der Waals surface area contributed by atoms with E-state index in [0.717, 1.165) is 32.0 Å². The molecule has 3 rings (SSSR count). The van der Waals surface area contributed by atoms with Crippen molar-refractivity contribution in [3.63, 3.8) is 0 Å². The molecule has 1 N–H and O–H groups in total. The molecule has 1 aromatic heterocycles. The van der Waals surface area contributed by atoms with Crippen molar-refractivity contribution < 1.29 is 9.59 Å². The molecule has 0 aliphatic heterocycles. The highest BCUT2D eigenvalue weighted by molar-refractivity contribution is 7.18. The number of anilines is 1. The number of carbonyl (C=O) groups excluding carboxylic acids is 2. The smallest absolute Gasteiger partial charge is 0.238 e. The Labute approximate surface area is 181 Å². The number of nitrogens with one attached hydrogen (secondary N) is 1. The first-order valence-electron chi connectivity index (χ1n) is 9.92. The van der Waals surface area contributed by atoms with Gasteiger partial charge in [-0.15, -0.1) is 11.3 Å². The van der Waals surface area contributed by atoms with Gasteiger partial charge in [0, 0.05) is 12.7 Å². The topological polar surface area (TPSA) is 65.5 Å². The van der Waals surface area contributed by atoms with E-state index >= 15 is 0 Å². The van der Waals surface area contributed by atoms with E-state index in [2.05, 4.69) is 10.3 Å². The van der Waals surface area contributed by atoms with Gasteiger partial charge in [-0.05, 0) is 57.1 Å². The number of likely N-dealkylation sites (N-methyl/N-ethyl adjacent to an activating group) is 2. The van der Waals surface area contributed by atoms with E-state index in [4.69, 9.17) is 0 Å². The average Bonchev–Trinajstić information content (AvgIpc) is 3.14. The van der Waals surface area contributed by atoms with Gasteiger partial charge in [0.15, 0.2) is 0 Å². The summed E-state index contributed by atoms with van der Waals surface area (Å²) < 4.78 is 1.11. The molecule has 0 aliphatic carbocycles. The number of hydrogen-bond acceptors (Lipinski definition) is 5. The van der Waals surface area contributed by atoms with Crippen molar-refractivity contribution in [2.75, 3.05) is 32.5 Å². The number of aromatic nitrogens is 1. The van der Waals surface area contributed by atoms with Gasteiger partial charge in [-0.25, -0.2) is 4.98 Å². The minimum atomic E-state index is -0.138. The van der Waals surface area contributed by atoms with Crippen LogP contribution in [0.2, 0.25) is 0 Å². The Hall–Kier alpha value is -2.77. The first-order valence-corrected chi connectivity index (χ1v) is 10.7. The molecule has 0 saturated heterocycles. The number of thiazole rings is 1. The highest BCUT2D eigenvalue weighted by Crippen LogP contribution is 2.28. The Morgan fingerprint density at radius 2 is 1.80 bits per heavy atom. The van der Waals surface area contributed by atoms with Crippen molar-refractivity contribution in [1.82, 2.24) is 14.8 Å². The van der Waals surface area contributed by atoms with Gasteiger partial charge in [-0.1, -0.05) is 24.3 Å². The molecule has 0 radical (unpaired) electrons. The number of nitrogens with zero attached hydrogens (tertiary/aromatic N) is 3. The van der Waals surface area contributed by atoms with Crippen molar-refractivity contribution >= 4 is 39.1 Å². The van der Waals surface area contributed by atoms with E-state index in [-0.39, 0.29) is 30.9 Å². The van der Waals surface area contributed by atoms with Crippen molar-refractivity contribution in [3.05, 3.63) is 58.6 Å². The van der Waals surface area contributed by atoms with Crippen molar-refractivity contribution in [3.8, 4) is 0 Å². The summed E-state index contributed by atoms with van der Waals surface area (Å²) in [6.45, 7) is 6.27. The third kappa shape index (κ3) is 5.04. The van der Waals surface area contributed by atoms with Gasteiger partial charge in [-0.2, -0.15) is 0 Å². The Kier molecular flexibility index (Phi) is 6.84. The standard InChI is InChI=1S/C23H28N4O2S/c1-15-9-8-11-18(16(15)2)24-21(28)13-26(4)14-22(29)27(5)17(3)23-25-19-10-6-7-12-20(19)30-23/h6-12,17H,13-14H2,1-5H3,(H,24,28)/t17-/m0/s1. The van der Waals surface area contributed by atoms with Crippen LogP contribution in [0.3, 0.4) is 0 Å². The summed E-state index contributed by atoms with van der Waals surface area (Å²) in [7, 11) is 3.56. The zero-order chi connectivity index (χ0) is 21.8. The molecule has 0 bridgehead atoms.